The topological polar surface area (TPSA) is 46.9 Å². The highest BCUT2D eigenvalue weighted by atomic mass is 35.5. The Hall–Kier alpha value is -2.40. The second kappa shape index (κ2) is 6.38. The number of carbonyl (C=O) groups excluding carboxylic acids is 1. The lowest BCUT2D eigenvalue weighted by Gasteiger charge is -2.12. The number of hydrogen-bond donors (Lipinski definition) is 1. The average molecular weight is 332 g/mol. The van der Waals surface area contributed by atoms with Crippen molar-refractivity contribution in [1.29, 1.82) is 0 Å². The minimum absolute atomic E-state index is 0.146. The molecule has 118 valence electrons. The lowest BCUT2D eigenvalue weighted by atomic mass is 10.2. The molecule has 4 nitrogen and oxygen atoms in total. The molecular weight excluding hydrogens is 317 g/mol. The van der Waals surface area contributed by atoms with Gasteiger partial charge in [0.2, 0.25) is 5.91 Å². The second-order valence-corrected chi connectivity index (χ2v) is 5.62. The molecule has 6 heteroatoms. The Labute approximate surface area is 137 Å². The van der Waals surface area contributed by atoms with Gasteiger partial charge in [0.05, 0.1) is 24.1 Å². The van der Waals surface area contributed by atoms with Crippen LogP contribution in [0.2, 0.25) is 5.02 Å². The molecule has 0 aliphatic carbocycles. The van der Waals surface area contributed by atoms with Crippen LogP contribution in [0.3, 0.4) is 0 Å². The van der Waals surface area contributed by atoms with Gasteiger partial charge in [-0.25, -0.2) is 9.37 Å². The number of halogens is 2. The van der Waals surface area contributed by atoms with Crippen molar-refractivity contribution in [2.24, 2.45) is 0 Å². The van der Waals surface area contributed by atoms with Crippen LogP contribution in [0.5, 0.6) is 0 Å². The molecule has 23 heavy (non-hydrogen) atoms. The molecule has 1 aromatic heterocycles. The number of para-hydroxylation sites is 2. The van der Waals surface area contributed by atoms with E-state index in [9.17, 15) is 9.18 Å². The molecule has 0 spiro atoms. The van der Waals surface area contributed by atoms with Crippen molar-refractivity contribution >= 4 is 28.5 Å². The fourth-order valence-corrected chi connectivity index (χ4v) is 2.70. The minimum atomic E-state index is -0.360. The van der Waals surface area contributed by atoms with Crippen LogP contribution in [-0.4, -0.2) is 15.5 Å². The summed E-state index contributed by atoms with van der Waals surface area (Å²) >= 11 is 6.13. The van der Waals surface area contributed by atoms with Crippen LogP contribution in [-0.2, 0) is 17.9 Å². The van der Waals surface area contributed by atoms with Crippen LogP contribution in [0, 0.1) is 5.82 Å². The van der Waals surface area contributed by atoms with E-state index in [2.05, 4.69) is 10.3 Å². The molecule has 0 saturated carbocycles. The van der Waals surface area contributed by atoms with Crippen LogP contribution in [0.15, 0.2) is 42.5 Å². The molecule has 0 atom stereocenters. The largest absolute Gasteiger partial charge is 0.349 e. The number of nitrogens with one attached hydrogen (secondary N) is 1. The van der Waals surface area contributed by atoms with Gasteiger partial charge in [0, 0.05) is 17.5 Å². The van der Waals surface area contributed by atoms with E-state index in [1.807, 2.05) is 28.8 Å². The van der Waals surface area contributed by atoms with Gasteiger partial charge in [-0.05, 0) is 24.3 Å². The maximum absolute atomic E-state index is 14.1. The van der Waals surface area contributed by atoms with Crippen molar-refractivity contribution in [1.82, 2.24) is 14.9 Å². The van der Waals surface area contributed by atoms with Crippen molar-refractivity contribution in [3.63, 3.8) is 0 Å². The number of hydrogen-bond acceptors (Lipinski definition) is 2. The quantitative estimate of drug-likeness (QED) is 0.795. The van der Waals surface area contributed by atoms with Gasteiger partial charge in [-0.2, -0.15) is 0 Å². The Bertz CT molecular complexity index is 855. The highest BCUT2D eigenvalue weighted by Gasteiger charge is 2.14. The average Bonchev–Trinajstić information content (AvgIpc) is 2.87. The minimum Gasteiger partial charge on any atom is -0.349 e. The fraction of sp³-hybridized carbons (Fsp3) is 0.176. The van der Waals surface area contributed by atoms with Crippen LogP contribution >= 0.6 is 11.6 Å². The third kappa shape index (κ3) is 3.19. The van der Waals surface area contributed by atoms with Gasteiger partial charge in [-0.1, -0.05) is 29.8 Å². The maximum atomic E-state index is 14.1. The number of amides is 1. The van der Waals surface area contributed by atoms with Gasteiger partial charge in [-0.3, -0.25) is 4.79 Å². The molecule has 3 rings (SSSR count). The van der Waals surface area contributed by atoms with E-state index in [-0.39, 0.29) is 24.8 Å². The van der Waals surface area contributed by atoms with Crippen LogP contribution in [0.4, 0.5) is 4.39 Å². The van der Waals surface area contributed by atoms with Gasteiger partial charge in [0.25, 0.3) is 0 Å². The first-order valence-electron chi connectivity index (χ1n) is 7.17. The van der Waals surface area contributed by atoms with Gasteiger partial charge in [-0.15, -0.1) is 0 Å². The van der Waals surface area contributed by atoms with Gasteiger partial charge in [0.1, 0.15) is 11.6 Å². The Morgan fingerprint density at radius 3 is 2.78 bits per heavy atom. The molecule has 0 saturated heterocycles. The van der Waals surface area contributed by atoms with Gasteiger partial charge in [0.15, 0.2) is 0 Å². The van der Waals surface area contributed by atoms with E-state index in [4.69, 9.17) is 11.6 Å². The third-order valence-corrected chi connectivity index (χ3v) is 3.96. The summed E-state index contributed by atoms with van der Waals surface area (Å²) < 4.78 is 16.0. The number of carbonyl (C=O) groups is 1. The Morgan fingerprint density at radius 2 is 2.04 bits per heavy atom. The van der Waals surface area contributed by atoms with Gasteiger partial charge >= 0.3 is 0 Å². The standard InChI is InChI=1S/C17H15ClFN3O/c1-11(23)20-9-17-21-15-7-2-3-8-16(15)22(17)10-12-13(18)5-4-6-14(12)19/h2-8H,9-10H2,1H3,(H,20,23). The lowest BCUT2D eigenvalue weighted by molar-refractivity contribution is -0.119. The molecule has 1 heterocycles. The molecule has 3 aromatic rings. The number of nitrogens with zero attached hydrogens (tertiary/aromatic N) is 2. The smallest absolute Gasteiger partial charge is 0.217 e. The Morgan fingerprint density at radius 1 is 1.26 bits per heavy atom. The van der Waals surface area contributed by atoms with Crippen LogP contribution in [0.25, 0.3) is 11.0 Å². The zero-order chi connectivity index (χ0) is 16.4. The first-order chi connectivity index (χ1) is 11.1. The summed E-state index contributed by atoms with van der Waals surface area (Å²) in [6.07, 6.45) is 0. The molecule has 1 N–H and O–H groups in total. The van der Waals surface area contributed by atoms with Crippen molar-refractivity contribution in [3.8, 4) is 0 Å². The van der Waals surface area contributed by atoms with E-state index < -0.39 is 0 Å². The molecule has 1 amide bonds. The van der Waals surface area contributed by atoms with E-state index in [0.717, 1.165) is 11.0 Å². The predicted octanol–water partition coefficient (Wildman–Crippen LogP) is 3.51. The first-order valence-corrected chi connectivity index (χ1v) is 7.55. The summed E-state index contributed by atoms with van der Waals surface area (Å²) in [6.45, 7) is 1.97. The van der Waals surface area contributed by atoms with Crippen molar-refractivity contribution in [3.05, 3.63) is 64.7 Å². The molecule has 0 unspecified atom stereocenters. The third-order valence-electron chi connectivity index (χ3n) is 3.61. The molecule has 0 bridgehead atoms. The molecule has 0 fully saturated rings. The van der Waals surface area contributed by atoms with Crippen molar-refractivity contribution in [2.75, 3.05) is 0 Å². The molecule has 2 aromatic carbocycles. The summed E-state index contributed by atoms with van der Waals surface area (Å²) in [5.74, 6) is 0.147. The monoisotopic (exact) mass is 331 g/mol. The number of imidazole rings is 1. The lowest BCUT2D eigenvalue weighted by Crippen LogP contribution is -2.22. The van der Waals surface area contributed by atoms with E-state index in [0.29, 0.717) is 16.4 Å². The zero-order valence-corrected chi connectivity index (χ0v) is 13.3. The van der Waals surface area contributed by atoms with E-state index in [1.54, 1.807) is 12.1 Å². The number of aromatic nitrogens is 2. The normalized spacial score (nSPS) is 10.9. The number of benzene rings is 2. The second-order valence-electron chi connectivity index (χ2n) is 5.21. The molecule has 0 aliphatic heterocycles. The summed E-state index contributed by atoms with van der Waals surface area (Å²) in [5.41, 5.74) is 2.06. The molecule has 0 aliphatic rings. The summed E-state index contributed by atoms with van der Waals surface area (Å²) in [6, 6.07) is 12.2. The first kappa shape index (κ1) is 15.5. The van der Waals surface area contributed by atoms with Crippen LogP contribution < -0.4 is 5.32 Å². The summed E-state index contributed by atoms with van der Waals surface area (Å²) in [7, 11) is 0. The maximum Gasteiger partial charge on any atom is 0.217 e. The molecule has 0 radical (unpaired) electrons. The number of fused-ring (bicyclic) bond motifs is 1. The Kier molecular flexibility index (Phi) is 4.30. The van der Waals surface area contributed by atoms with Gasteiger partial charge < -0.3 is 9.88 Å². The highest BCUT2D eigenvalue weighted by Crippen LogP contribution is 2.24. The Balaban J connectivity index is 2.07. The summed E-state index contributed by atoms with van der Waals surface area (Å²) in [5, 5.41) is 3.10. The van der Waals surface area contributed by atoms with E-state index in [1.165, 1.54) is 13.0 Å². The van der Waals surface area contributed by atoms with Crippen LogP contribution in [0.1, 0.15) is 18.3 Å². The predicted molar refractivity (Wildman–Crippen MR) is 87.8 cm³/mol. The molecular formula is C17H15ClFN3O. The highest BCUT2D eigenvalue weighted by molar-refractivity contribution is 6.31. The summed E-state index contributed by atoms with van der Waals surface area (Å²) in [4.78, 5) is 15.7. The fourth-order valence-electron chi connectivity index (χ4n) is 2.48. The van der Waals surface area contributed by atoms with E-state index >= 15 is 0 Å². The zero-order valence-electron chi connectivity index (χ0n) is 12.5. The SMILES string of the molecule is CC(=O)NCc1nc2ccccc2n1Cc1c(F)cccc1Cl. The van der Waals surface area contributed by atoms with Crippen molar-refractivity contribution in [2.45, 2.75) is 20.0 Å². The number of rotatable bonds is 4. The van der Waals surface area contributed by atoms with Crippen molar-refractivity contribution < 1.29 is 9.18 Å².